The van der Waals surface area contributed by atoms with Gasteiger partial charge < -0.3 is 104 Å². The molecule has 12 N–H and O–H groups in total. The van der Waals surface area contributed by atoms with Gasteiger partial charge in [-0.3, -0.25) is 0 Å². The van der Waals surface area contributed by atoms with E-state index in [1.165, 1.54) is 7.11 Å². The molecule has 0 aromatic heterocycles. The van der Waals surface area contributed by atoms with E-state index in [9.17, 15) is 61.3 Å². The van der Waals surface area contributed by atoms with Gasteiger partial charge in [0.2, 0.25) is 0 Å². The number of aliphatic hydroxyl groups is 12. The predicted octanol–water partition coefficient (Wildman–Crippen LogP) is -8.44. The summed E-state index contributed by atoms with van der Waals surface area (Å²) >= 11 is 0. The van der Waals surface area contributed by atoms with Gasteiger partial charge in [-0.25, -0.2) is 0 Å². The van der Waals surface area contributed by atoms with E-state index in [1.807, 2.05) is 0 Å². The van der Waals surface area contributed by atoms with Crippen LogP contribution in [0.4, 0.5) is 0 Å². The first-order valence-corrected chi connectivity index (χ1v) is 14.9. The molecule has 8 unspecified atom stereocenters. The highest BCUT2D eigenvalue weighted by Gasteiger charge is 2.54. The number of rotatable bonds is 12. The average molecular weight is 695 g/mol. The van der Waals surface area contributed by atoms with Crippen molar-refractivity contribution in [1.29, 1.82) is 0 Å². The Hall–Kier alpha value is -0.840. The summed E-state index contributed by atoms with van der Waals surface area (Å²) in [6.45, 7) is -2.86. The predicted molar refractivity (Wildman–Crippen MR) is 143 cm³/mol. The summed E-state index contributed by atoms with van der Waals surface area (Å²) in [5.41, 5.74) is 0. The second kappa shape index (κ2) is 16.9. The highest BCUT2D eigenvalue weighted by atomic mass is 16.8. The third-order valence-corrected chi connectivity index (χ3v) is 8.65. The molecule has 21 heteroatoms. The molecule has 4 saturated heterocycles. The molecule has 0 radical (unpaired) electrons. The molecule has 47 heavy (non-hydrogen) atoms. The molecule has 4 fully saturated rings. The highest BCUT2D eigenvalue weighted by Crippen LogP contribution is 2.33. The lowest BCUT2D eigenvalue weighted by atomic mass is 9.96. The van der Waals surface area contributed by atoms with Crippen molar-refractivity contribution in [2.75, 3.05) is 40.6 Å². The van der Waals surface area contributed by atoms with Crippen molar-refractivity contribution in [3.63, 3.8) is 0 Å². The fraction of sp³-hybridized carbons (Fsp3) is 1.00. The smallest absolute Gasteiger partial charge is 0.187 e. The van der Waals surface area contributed by atoms with Crippen LogP contribution in [0, 0.1) is 0 Å². The van der Waals surface area contributed by atoms with Gasteiger partial charge in [0.05, 0.1) is 26.4 Å². The summed E-state index contributed by atoms with van der Waals surface area (Å²) in [5, 5.41) is 124. The molecule has 0 aromatic rings. The fourth-order valence-electron chi connectivity index (χ4n) is 5.87. The molecule has 20 atom stereocenters. The zero-order valence-electron chi connectivity index (χ0n) is 25.4. The maximum absolute atomic E-state index is 11.2. The van der Waals surface area contributed by atoms with Crippen LogP contribution in [0.15, 0.2) is 0 Å². The summed E-state index contributed by atoms with van der Waals surface area (Å²) < 4.78 is 48.9. The summed E-state index contributed by atoms with van der Waals surface area (Å²) in [7, 11) is 2.34. The van der Waals surface area contributed by atoms with Crippen LogP contribution in [0.5, 0.6) is 0 Å². The topological polar surface area (TPSA) is 326 Å². The molecule has 0 bridgehead atoms. The van der Waals surface area contributed by atoms with Crippen molar-refractivity contribution >= 4 is 0 Å². The van der Waals surface area contributed by atoms with E-state index in [4.69, 9.17) is 42.6 Å². The first-order valence-electron chi connectivity index (χ1n) is 14.9. The van der Waals surface area contributed by atoms with Gasteiger partial charge in [0.25, 0.3) is 0 Å². The number of hydrogen-bond acceptors (Lipinski definition) is 21. The van der Waals surface area contributed by atoms with Crippen LogP contribution < -0.4 is 0 Å². The number of ether oxygens (including phenoxy) is 9. The Morgan fingerprint density at radius 3 is 1.30 bits per heavy atom. The Morgan fingerprint density at radius 2 is 0.809 bits per heavy atom. The first-order chi connectivity index (χ1) is 22.3. The summed E-state index contributed by atoms with van der Waals surface area (Å²) in [6.07, 6.45) is -32.3. The Balaban J connectivity index is 1.48. The van der Waals surface area contributed by atoms with Crippen molar-refractivity contribution in [3.05, 3.63) is 0 Å². The van der Waals surface area contributed by atoms with Gasteiger partial charge in [0.1, 0.15) is 97.7 Å². The summed E-state index contributed by atoms with van der Waals surface area (Å²) in [6, 6.07) is 0. The minimum absolute atomic E-state index is 0.594. The van der Waals surface area contributed by atoms with E-state index < -0.39 is 149 Å². The Morgan fingerprint density at radius 1 is 0.404 bits per heavy atom. The van der Waals surface area contributed by atoms with E-state index >= 15 is 0 Å². The Labute approximate surface area is 267 Å². The quantitative estimate of drug-likeness (QED) is 0.0902. The van der Waals surface area contributed by atoms with E-state index in [1.54, 1.807) is 0 Å². The van der Waals surface area contributed by atoms with Crippen LogP contribution in [0.3, 0.4) is 0 Å². The minimum atomic E-state index is -1.95. The summed E-state index contributed by atoms with van der Waals surface area (Å²) in [5.74, 6) is 0. The molecule has 4 aliphatic rings. The number of aliphatic hydroxyl groups excluding tert-OH is 12. The van der Waals surface area contributed by atoms with Gasteiger partial charge in [-0.05, 0) is 0 Å². The standard InChI is InChI=1S/C26H46O21/c1-39-20-12(31)8(4-28)43-25(17(20)36)46-21-13(32)9(5-29)44-26(19(21)38)47-22-14(33)10(45-23(40-2)18(22)37)6-41-24-16(35)15(34)11(30)7(3-27)42-24/h7-38H,3-6H2,1-2H3/t7?,8?,9-,10?,11+,12+,13+,14+,15-,16?,17?,18?,19?,20-,21?,22-,23+,24+,25-,26-/m0/s1. The molecule has 0 aromatic carbocycles. The molecule has 0 spiro atoms. The van der Waals surface area contributed by atoms with E-state index in [2.05, 4.69) is 0 Å². The molecular formula is C26H46O21. The Kier molecular flexibility index (Phi) is 14.0. The van der Waals surface area contributed by atoms with Crippen molar-refractivity contribution in [3.8, 4) is 0 Å². The van der Waals surface area contributed by atoms with E-state index in [0.29, 0.717) is 0 Å². The molecule has 21 nitrogen and oxygen atoms in total. The molecule has 4 heterocycles. The maximum atomic E-state index is 11.2. The van der Waals surface area contributed by atoms with Gasteiger partial charge in [-0.15, -0.1) is 0 Å². The second-order valence-electron chi connectivity index (χ2n) is 11.6. The molecule has 0 aliphatic carbocycles. The van der Waals surface area contributed by atoms with Gasteiger partial charge in [-0.2, -0.15) is 0 Å². The van der Waals surface area contributed by atoms with Crippen LogP contribution in [0.25, 0.3) is 0 Å². The van der Waals surface area contributed by atoms with Gasteiger partial charge >= 0.3 is 0 Å². The van der Waals surface area contributed by atoms with E-state index in [0.717, 1.165) is 7.11 Å². The largest absolute Gasteiger partial charge is 0.394 e. The lowest BCUT2D eigenvalue weighted by Crippen LogP contribution is -2.67. The van der Waals surface area contributed by atoms with Crippen molar-refractivity contribution in [2.24, 2.45) is 0 Å². The van der Waals surface area contributed by atoms with Gasteiger partial charge in [0, 0.05) is 14.2 Å². The number of methoxy groups -OCH3 is 2. The fourth-order valence-corrected chi connectivity index (χ4v) is 5.87. The molecule has 4 aliphatic heterocycles. The molecule has 276 valence electrons. The first kappa shape index (κ1) is 39.0. The third kappa shape index (κ3) is 8.06. The van der Waals surface area contributed by atoms with Gasteiger partial charge in [-0.1, -0.05) is 0 Å². The van der Waals surface area contributed by atoms with Crippen LogP contribution in [0.1, 0.15) is 0 Å². The van der Waals surface area contributed by atoms with Crippen LogP contribution in [-0.4, -0.2) is 225 Å². The lowest BCUT2D eigenvalue weighted by Gasteiger charge is -2.48. The minimum Gasteiger partial charge on any atom is -0.394 e. The normalized spacial score (nSPS) is 51.2. The number of hydrogen-bond donors (Lipinski definition) is 12. The monoisotopic (exact) mass is 694 g/mol. The summed E-state index contributed by atoms with van der Waals surface area (Å²) in [4.78, 5) is 0. The van der Waals surface area contributed by atoms with Crippen LogP contribution >= 0.6 is 0 Å². The molecule has 0 amide bonds. The molecule has 0 saturated carbocycles. The average Bonchev–Trinajstić information content (AvgIpc) is 3.06. The zero-order chi connectivity index (χ0) is 34.7. The van der Waals surface area contributed by atoms with Gasteiger partial charge in [0.15, 0.2) is 25.2 Å². The van der Waals surface area contributed by atoms with Crippen molar-refractivity contribution in [2.45, 2.75) is 123 Å². The zero-order valence-corrected chi connectivity index (χ0v) is 25.4. The molecule has 4 rings (SSSR count). The van der Waals surface area contributed by atoms with Crippen LogP contribution in [0.2, 0.25) is 0 Å². The maximum Gasteiger partial charge on any atom is 0.187 e. The Bertz CT molecular complexity index is 948. The van der Waals surface area contributed by atoms with Crippen molar-refractivity contribution in [1.82, 2.24) is 0 Å². The van der Waals surface area contributed by atoms with Crippen molar-refractivity contribution < 1.29 is 104 Å². The van der Waals surface area contributed by atoms with E-state index in [-0.39, 0.29) is 0 Å². The second-order valence-corrected chi connectivity index (χ2v) is 11.6. The SMILES string of the molecule is CO[C@@H]1OC(CO[C@@H]2OC(CO)[C@@H](O)[C@H](O)C2O)[C@@H](O)[C@H](O[C@@H]2O[C@@H](CO)[C@@H](O)C(O[C@@H]3OC(CO)[C@@H](O)[C@H](OC)C3O)C2O)C1O. The van der Waals surface area contributed by atoms with Crippen LogP contribution in [-0.2, 0) is 42.6 Å². The third-order valence-electron chi connectivity index (χ3n) is 8.65. The molecular weight excluding hydrogens is 648 g/mol. The lowest BCUT2D eigenvalue weighted by molar-refractivity contribution is -0.382. The highest BCUT2D eigenvalue weighted by molar-refractivity contribution is 4.97.